The van der Waals surface area contributed by atoms with Gasteiger partial charge >= 0.3 is 0 Å². The lowest BCUT2D eigenvalue weighted by Crippen LogP contribution is -2.61. The molecule has 0 saturated carbocycles. The predicted octanol–water partition coefficient (Wildman–Crippen LogP) is 1.38. The minimum atomic E-state index is -2.45. The van der Waals surface area contributed by atoms with Crippen molar-refractivity contribution < 1.29 is 4.21 Å². The number of rotatable bonds is 2. The summed E-state index contributed by atoms with van der Waals surface area (Å²) < 4.78 is 20.9. The Kier molecular flexibility index (Phi) is 3.05. The molecule has 2 rings (SSSR count). The van der Waals surface area contributed by atoms with Gasteiger partial charge < -0.3 is 4.90 Å². The van der Waals surface area contributed by atoms with Crippen LogP contribution in [-0.2, 0) is 9.92 Å². The molecule has 2 aliphatic heterocycles. The summed E-state index contributed by atoms with van der Waals surface area (Å²) in [6.45, 7) is 8.56. The molecular weight excluding hydrogens is 222 g/mol. The largest absolute Gasteiger partial charge is 0.301 e. The van der Waals surface area contributed by atoms with Crippen LogP contribution in [0.4, 0.5) is 0 Å². The van der Waals surface area contributed by atoms with Gasteiger partial charge in [0.05, 0.1) is 0 Å². The van der Waals surface area contributed by atoms with E-state index >= 15 is 0 Å². The van der Waals surface area contributed by atoms with E-state index in [1.807, 2.05) is 4.31 Å². The molecule has 16 heavy (non-hydrogen) atoms. The summed E-state index contributed by atoms with van der Waals surface area (Å²) in [4.78, 5) is 2.51. The highest BCUT2D eigenvalue weighted by molar-refractivity contribution is 7.89. The van der Waals surface area contributed by atoms with Gasteiger partial charge in [0.25, 0.3) is 0 Å². The summed E-state index contributed by atoms with van der Waals surface area (Å²) in [5.74, 6) is 0. The topological polar surface area (TPSA) is 47.4 Å². The van der Waals surface area contributed by atoms with E-state index in [9.17, 15) is 4.21 Å². The lowest BCUT2D eigenvalue weighted by atomic mass is 9.73. The number of nitrogens with one attached hydrogen (secondary N) is 1. The summed E-state index contributed by atoms with van der Waals surface area (Å²) in [6.07, 6.45) is 3.94. The molecule has 4 nitrogen and oxygen atoms in total. The standard InChI is InChI=1S/C11H23N3OS/c1-10(2)13-6-4-11(5-7-13)8-14(9-11)16(3,12)15/h10,12H,4-9H2,1-3H3. The Labute approximate surface area is 99.1 Å². The van der Waals surface area contributed by atoms with E-state index in [-0.39, 0.29) is 0 Å². The second-order valence-electron chi connectivity index (χ2n) is 5.73. The molecule has 0 aromatic carbocycles. The van der Waals surface area contributed by atoms with Crippen LogP contribution >= 0.6 is 0 Å². The third-order valence-electron chi connectivity index (χ3n) is 4.11. The van der Waals surface area contributed by atoms with Crippen molar-refractivity contribution in [3.05, 3.63) is 0 Å². The van der Waals surface area contributed by atoms with Crippen molar-refractivity contribution in [2.45, 2.75) is 32.7 Å². The van der Waals surface area contributed by atoms with Crippen molar-refractivity contribution in [1.29, 1.82) is 4.78 Å². The van der Waals surface area contributed by atoms with Crippen LogP contribution in [0.25, 0.3) is 0 Å². The van der Waals surface area contributed by atoms with Crippen molar-refractivity contribution in [3.63, 3.8) is 0 Å². The van der Waals surface area contributed by atoms with Gasteiger partial charge in [-0.2, -0.15) is 0 Å². The third kappa shape index (κ3) is 2.26. The summed E-state index contributed by atoms with van der Waals surface area (Å²) >= 11 is 0. The molecule has 1 spiro atoms. The highest BCUT2D eigenvalue weighted by Crippen LogP contribution is 2.41. The van der Waals surface area contributed by atoms with E-state index in [2.05, 4.69) is 18.7 Å². The van der Waals surface area contributed by atoms with E-state index in [1.165, 1.54) is 19.1 Å². The fourth-order valence-corrected chi connectivity index (χ4v) is 3.82. The Morgan fingerprint density at radius 2 is 1.75 bits per heavy atom. The SMILES string of the molecule is CC(C)N1CCC2(CC1)CN(S(C)(=N)=O)C2. The molecule has 0 radical (unpaired) electrons. The minimum Gasteiger partial charge on any atom is -0.301 e. The van der Waals surface area contributed by atoms with Crippen molar-refractivity contribution in [3.8, 4) is 0 Å². The number of nitrogens with zero attached hydrogens (tertiary/aromatic N) is 2. The van der Waals surface area contributed by atoms with Crippen LogP contribution in [-0.4, -0.2) is 51.9 Å². The number of likely N-dealkylation sites (tertiary alicyclic amines) is 1. The second-order valence-corrected chi connectivity index (χ2v) is 7.85. The molecule has 0 amide bonds. The smallest absolute Gasteiger partial charge is 0.104 e. The Morgan fingerprint density at radius 3 is 2.12 bits per heavy atom. The van der Waals surface area contributed by atoms with Gasteiger partial charge in [-0.05, 0) is 39.8 Å². The predicted molar refractivity (Wildman–Crippen MR) is 66.7 cm³/mol. The average molecular weight is 245 g/mol. The van der Waals surface area contributed by atoms with Gasteiger partial charge in [-0.25, -0.2) is 13.3 Å². The van der Waals surface area contributed by atoms with E-state index in [0.717, 1.165) is 26.2 Å². The molecule has 2 aliphatic rings. The Bertz CT molecular complexity index is 347. The molecule has 94 valence electrons. The highest BCUT2D eigenvalue weighted by atomic mass is 32.2. The van der Waals surface area contributed by atoms with Crippen LogP contribution in [0.3, 0.4) is 0 Å². The van der Waals surface area contributed by atoms with E-state index in [0.29, 0.717) is 11.5 Å². The van der Waals surface area contributed by atoms with Crippen molar-refractivity contribution in [2.75, 3.05) is 32.4 Å². The lowest BCUT2D eigenvalue weighted by Gasteiger charge is -2.54. The summed E-state index contributed by atoms with van der Waals surface area (Å²) in [5.41, 5.74) is 0.380. The molecule has 1 atom stereocenters. The van der Waals surface area contributed by atoms with Gasteiger partial charge in [0.1, 0.15) is 9.92 Å². The summed E-state index contributed by atoms with van der Waals surface area (Å²) in [7, 11) is -2.45. The monoisotopic (exact) mass is 245 g/mol. The zero-order valence-electron chi connectivity index (χ0n) is 10.5. The number of hydrogen-bond donors (Lipinski definition) is 1. The summed E-state index contributed by atoms with van der Waals surface area (Å²) in [5, 5.41) is 0. The molecule has 1 N–H and O–H groups in total. The van der Waals surface area contributed by atoms with Gasteiger partial charge in [0.2, 0.25) is 0 Å². The first kappa shape index (κ1) is 12.3. The van der Waals surface area contributed by atoms with E-state index < -0.39 is 9.92 Å². The summed E-state index contributed by atoms with van der Waals surface area (Å²) in [6, 6.07) is 0.639. The average Bonchev–Trinajstić information content (AvgIpc) is 2.12. The maximum atomic E-state index is 11.5. The minimum absolute atomic E-state index is 0.380. The molecule has 0 aliphatic carbocycles. The quantitative estimate of drug-likeness (QED) is 0.799. The third-order valence-corrected chi connectivity index (χ3v) is 5.35. The Morgan fingerprint density at radius 1 is 1.25 bits per heavy atom. The number of hydrogen-bond acceptors (Lipinski definition) is 3. The molecule has 0 aromatic rings. The molecule has 2 fully saturated rings. The fourth-order valence-electron chi connectivity index (χ4n) is 2.78. The Hall–Kier alpha value is -0.130. The van der Waals surface area contributed by atoms with Gasteiger partial charge in [-0.15, -0.1) is 0 Å². The molecule has 5 heteroatoms. The van der Waals surface area contributed by atoms with Gasteiger partial charge in [0.15, 0.2) is 0 Å². The Balaban J connectivity index is 1.88. The molecule has 1 unspecified atom stereocenters. The first-order valence-corrected chi connectivity index (χ1v) is 7.98. The first-order valence-electron chi connectivity index (χ1n) is 6.05. The van der Waals surface area contributed by atoms with Gasteiger partial charge in [-0.1, -0.05) is 0 Å². The fraction of sp³-hybridized carbons (Fsp3) is 1.00. The lowest BCUT2D eigenvalue weighted by molar-refractivity contribution is -0.00549. The van der Waals surface area contributed by atoms with Crippen molar-refractivity contribution in [2.24, 2.45) is 5.41 Å². The number of piperidine rings is 1. The van der Waals surface area contributed by atoms with Crippen LogP contribution in [0.15, 0.2) is 0 Å². The van der Waals surface area contributed by atoms with Crippen molar-refractivity contribution in [1.82, 2.24) is 9.21 Å². The van der Waals surface area contributed by atoms with Crippen molar-refractivity contribution >= 4 is 9.92 Å². The zero-order chi connectivity index (χ0) is 12.0. The zero-order valence-corrected chi connectivity index (χ0v) is 11.3. The van der Waals surface area contributed by atoms with Crippen LogP contribution in [0.1, 0.15) is 26.7 Å². The van der Waals surface area contributed by atoms with E-state index in [4.69, 9.17) is 4.78 Å². The normalized spacial score (nSPS) is 30.2. The molecule has 0 aromatic heterocycles. The van der Waals surface area contributed by atoms with E-state index in [1.54, 1.807) is 0 Å². The first-order chi connectivity index (χ1) is 7.32. The van der Waals surface area contributed by atoms with Crippen LogP contribution in [0, 0.1) is 10.2 Å². The van der Waals surface area contributed by atoms with Crippen LogP contribution < -0.4 is 0 Å². The second kappa shape index (κ2) is 3.96. The molecular formula is C11H23N3OS. The van der Waals surface area contributed by atoms with Crippen LogP contribution in [0.2, 0.25) is 0 Å². The van der Waals surface area contributed by atoms with Gasteiger partial charge in [-0.3, -0.25) is 0 Å². The molecule has 2 saturated heterocycles. The maximum Gasteiger partial charge on any atom is 0.104 e. The highest BCUT2D eigenvalue weighted by Gasteiger charge is 2.47. The maximum absolute atomic E-state index is 11.5. The van der Waals surface area contributed by atoms with Gasteiger partial charge in [0, 0.05) is 30.8 Å². The molecule has 2 heterocycles. The van der Waals surface area contributed by atoms with Crippen LogP contribution in [0.5, 0.6) is 0 Å². The molecule has 0 bridgehead atoms.